The van der Waals surface area contributed by atoms with Crippen LogP contribution in [0.1, 0.15) is 20.4 Å². The van der Waals surface area contributed by atoms with Gasteiger partial charge in [-0.25, -0.2) is 4.98 Å². The number of aromatic nitrogens is 1. The van der Waals surface area contributed by atoms with Crippen molar-refractivity contribution in [2.75, 3.05) is 31.1 Å². The van der Waals surface area contributed by atoms with E-state index in [1.54, 1.807) is 11.3 Å². The van der Waals surface area contributed by atoms with Gasteiger partial charge in [0.1, 0.15) is 5.69 Å². The third-order valence-corrected chi connectivity index (χ3v) is 4.97. The van der Waals surface area contributed by atoms with Crippen LogP contribution in [0.5, 0.6) is 0 Å². The highest BCUT2D eigenvalue weighted by Crippen LogP contribution is 2.22. The fourth-order valence-electron chi connectivity index (χ4n) is 2.72. The maximum Gasteiger partial charge on any atom is 0.273 e. The Labute approximate surface area is 139 Å². The van der Waals surface area contributed by atoms with Crippen LogP contribution < -0.4 is 4.90 Å². The van der Waals surface area contributed by atoms with Crippen LogP contribution in [0.15, 0.2) is 24.3 Å². The first-order chi connectivity index (χ1) is 10.5. The van der Waals surface area contributed by atoms with Gasteiger partial charge in [-0.3, -0.25) is 4.79 Å². The zero-order chi connectivity index (χ0) is 15.7. The molecule has 0 atom stereocenters. The average molecular weight is 336 g/mol. The molecule has 1 aliphatic heterocycles. The average Bonchev–Trinajstić information content (AvgIpc) is 2.85. The van der Waals surface area contributed by atoms with Crippen molar-refractivity contribution in [3.63, 3.8) is 0 Å². The second kappa shape index (κ2) is 6.26. The highest BCUT2D eigenvalue weighted by atomic mass is 35.5. The van der Waals surface area contributed by atoms with Gasteiger partial charge in [0.25, 0.3) is 5.91 Å². The predicted molar refractivity (Wildman–Crippen MR) is 91.2 cm³/mol. The van der Waals surface area contributed by atoms with Crippen molar-refractivity contribution in [3.05, 3.63) is 44.9 Å². The number of piperazine rings is 1. The highest BCUT2D eigenvalue weighted by Gasteiger charge is 2.25. The molecule has 1 aromatic carbocycles. The fraction of sp³-hybridized carbons (Fsp3) is 0.375. The molecule has 116 valence electrons. The third-order valence-electron chi connectivity index (χ3n) is 3.85. The molecule has 1 fully saturated rings. The van der Waals surface area contributed by atoms with Crippen LogP contribution in [0.25, 0.3) is 0 Å². The molecule has 1 aliphatic rings. The predicted octanol–water partition coefficient (Wildman–Crippen LogP) is 3.38. The number of halogens is 1. The molecule has 6 heteroatoms. The van der Waals surface area contributed by atoms with Gasteiger partial charge in [0, 0.05) is 41.8 Å². The molecule has 0 aliphatic carbocycles. The quantitative estimate of drug-likeness (QED) is 0.844. The van der Waals surface area contributed by atoms with E-state index in [1.807, 2.05) is 36.9 Å². The summed E-state index contributed by atoms with van der Waals surface area (Å²) in [7, 11) is 0. The fourth-order valence-corrected chi connectivity index (χ4v) is 3.71. The number of amides is 1. The number of hydrogen-bond acceptors (Lipinski definition) is 4. The smallest absolute Gasteiger partial charge is 0.273 e. The first kappa shape index (κ1) is 15.3. The van der Waals surface area contributed by atoms with E-state index in [0.717, 1.165) is 33.7 Å². The lowest BCUT2D eigenvalue weighted by molar-refractivity contribution is 0.0741. The van der Waals surface area contributed by atoms with Gasteiger partial charge in [0.15, 0.2) is 0 Å². The lowest BCUT2D eigenvalue weighted by Crippen LogP contribution is -2.49. The molecule has 1 saturated heterocycles. The van der Waals surface area contributed by atoms with Crippen LogP contribution in [-0.2, 0) is 0 Å². The molecule has 1 amide bonds. The topological polar surface area (TPSA) is 36.4 Å². The Morgan fingerprint density at radius 2 is 1.95 bits per heavy atom. The van der Waals surface area contributed by atoms with Crippen LogP contribution in [-0.4, -0.2) is 42.0 Å². The van der Waals surface area contributed by atoms with Crippen LogP contribution in [0.2, 0.25) is 5.02 Å². The van der Waals surface area contributed by atoms with Gasteiger partial charge in [-0.05, 0) is 32.0 Å². The molecular weight excluding hydrogens is 318 g/mol. The van der Waals surface area contributed by atoms with E-state index in [0.29, 0.717) is 18.8 Å². The molecule has 0 unspecified atom stereocenters. The van der Waals surface area contributed by atoms with Crippen LogP contribution >= 0.6 is 22.9 Å². The number of hydrogen-bond donors (Lipinski definition) is 0. The van der Waals surface area contributed by atoms with Crippen molar-refractivity contribution in [3.8, 4) is 0 Å². The Hall–Kier alpha value is -1.59. The van der Waals surface area contributed by atoms with E-state index in [2.05, 4.69) is 16.0 Å². The molecule has 3 rings (SSSR count). The van der Waals surface area contributed by atoms with Gasteiger partial charge in [-0.1, -0.05) is 17.7 Å². The number of rotatable bonds is 2. The number of carbonyl (C=O) groups excluding carboxylic acids is 1. The second-order valence-corrected chi connectivity index (χ2v) is 7.24. The molecule has 0 spiro atoms. The van der Waals surface area contributed by atoms with E-state index in [4.69, 9.17) is 11.6 Å². The highest BCUT2D eigenvalue weighted by molar-refractivity contribution is 7.11. The Bertz CT molecular complexity index is 692. The largest absolute Gasteiger partial charge is 0.368 e. The summed E-state index contributed by atoms with van der Waals surface area (Å²) in [5.41, 5.74) is 1.72. The summed E-state index contributed by atoms with van der Waals surface area (Å²) in [5.74, 6) is 0.0487. The van der Waals surface area contributed by atoms with Gasteiger partial charge in [0.05, 0.1) is 5.01 Å². The zero-order valence-corrected chi connectivity index (χ0v) is 14.2. The molecule has 0 radical (unpaired) electrons. The van der Waals surface area contributed by atoms with E-state index in [1.165, 1.54) is 0 Å². The summed E-state index contributed by atoms with van der Waals surface area (Å²) in [4.78, 5) is 22.1. The minimum atomic E-state index is 0.0487. The van der Waals surface area contributed by atoms with Gasteiger partial charge in [-0.2, -0.15) is 0 Å². The molecular formula is C16H18ClN3OS. The molecule has 2 aromatic rings. The maximum absolute atomic E-state index is 12.6. The third kappa shape index (κ3) is 3.10. The lowest BCUT2D eigenvalue weighted by atomic mass is 10.2. The maximum atomic E-state index is 12.6. The molecule has 2 heterocycles. The van der Waals surface area contributed by atoms with Crippen LogP contribution in [0, 0.1) is 13.8 Å². The van der Waals surface area contributed by atoms with Gasteiger partial charge >= 0.3 is 0 Å². The summed E-state index contributed by atoms with van der Waals surface area (Å²) < 4.78 is 0. The van der Waals surface area contributed by atoms with Crippen molar-refractivity contribution in [1.82, 2.24) is 9.88 Å². The number of aryl methyl sites for hydroxylation is 2. The Morgan fingerprint density at radius 3 is 2.55 bits per heavy atom. The first-order valence-electron chi connectivity index (χ1n) is 7.28. The Morgan fingerprint density at radius 1 is 1.23 bits per heavy atom. The van der Waals surface area contributed by atoms with E-state index >= 15 is 0 Å². The van der Waals surface area contributed by atoms with Gasteiger partial charge < -0.3 is 9.80 Å². The molecule has 0 bridgehead atoms. The number of benzene rings is 1. The number of carbonyl (C=O) groups is 1. The first-order valence-corrected chi connectivity index (χ1v) is 8.48. The molecule has 0 saturated carbocycles. The minimum Gasteiger partial charge on any atom is -0.368 e. The number of nitrogens with zero attached hydrogens (tertiary/aromatic N) is 3. The van der Waals surface area contributed by atoms with Crippen LogP contribution in [0.4, 0.5) is 5.69 Å². The van der Waals surface area contributed by atoms with Gasteiger partial charge in [0.2, 0.25) is 0 Å². The summed E-state index contributed by atoms with van der Waals surface area (Å²) in [5, 5.41) is 1.68. The van der Waals surface area contributed by atoms with Gasteiger partial charge in [-0.15, -0.1) is 11.3 Å². The SMILES string of the molecule is Cc1nc(C(=O)N2CCN(c3cccc(Cl)c3)CC2)c(C)s1. The number of anilines is 1. The lowest BCUT2D eigenvalue weighted by Gasteiger charge is -2.36. The van der Waals surface area contributed by atoms with E-state index in [9.17, 15) is 4.79 Å². The molecule has 22 heavy (non-hydrogen) atoms. The molecule has 0 N–H and O–H groups in total. The van der Waals surface area contributed by atoms with Crippen molar-refractivity contribution in [1.29, 1.82) is 0 Å². The van der Waals surface area contributed by atoms with Crippen molar-refractivity contribution < 1.29 is 4.79 Å². The van der Waals surface area contributed by atoms with E-state index in [-0.39, 0.29) is 5.91 Å². The van der Waals surface area contributed by atoms with Crippen molar-refractivity contribution in [2.45, 2.75) is 13.8 Å². The molecule has 4 nitrogen and oxygen atoms in total. The summed E-state index contributed by atoms with van der Waals surface area (Å²) in [6.45, 7) is 6.94. The summed E-state index contributed by atoms with van der Waals surface area (Å²) in [6, 6.07) is 7.85. The second-order valence-electron chi connectivity index (χ2n) is 5.40. The van der Waals surface area contributed by atoms with Crippen molar-refractivity contribution >= 4 is 34.5 Å². The van der Waals surface area contributed by atoms with E-state index < -0.39 is 0 Å². The Kier molecular flexibility index (Phi) is 4.36. The standard InChI is InChI=1S/C16H18ClN3OS/c1-11-15(18-12(2)22-11)16(21)20-8-6-19(7-9-20)14-5-3-4-13(17)10-14/h3-5,10H,6-9H2,1-2H3. The summed E-state index contributed by atoms with van der Waals surface area (Å²) in [6.07, 6.45) is 0. The van der Waals surface area contributed by atoms with Crippen molar-refractivity contribution in [2.24, 2.45) is 0 Å². The summed E-state index contributed by atoms with van der Waals surface area (Å²) >= 11 is 7.62. The number of thiazole rings is 1. The Balaban J connectivity index is 1.67. The molecule has 1 aromatic heterocycles. The monoisotopic (exact) mass is 335 g/mol. The zero-order valence-electron chi connectivity index (χ0n) is 12.7. The normalized spacial score (nSPS) is 15.2. The van der Waals surface area contributed by atoms with Crippen LogP contribution in [0.3, 0.4) is 0 Å². The minimum absolute atomic E-state index is 0.0487.